The summed E-state index contributed by atoms with van der Waals surface area (Å²) in [6.45, 7) is 0. The predicted octanol–water partition coefficient (Wildman–Crippen LogP) is 3.00. The van der Waals surface area contributed by atoms with E-state index in [2.05, 4.69) is 4.98 Å². The number of ether oxygens (including phenoxy) is 1. The van der Waals surface area contributed by atoms with Crippen molar-refractivity contribution in [3.05, 3.63) is 40.3 Å². The minimum absolute atomic E-state index is 0.138. The molecular formula is C11H9ClN2O4. The molecule has 2 rings (SSSR count). The molecule has 0 N–H and O–H groups in total. The zero-order valence-corrected chi connectivity index (χ0v) is 10.2. The molecule has 0 atom stereocenters. The molecule has 0 fully saturated rings. The lowest BCUT2D eigenvalue weighted by atomic mass is 10.2. The van der Waals surface area contributed by atoms with E-state index >= 15 is 0 Å². The van der Waals surface area contributed by atoms with Gasteiger partial charge in [-0.2, -0.15) is 0 Å². The number of aromatic nitrogens is 1. The second kappa shape index (κ2) is 5.05. The van der Waals surface area contributed by atoms with E-state index in [-0.39, 0.29) is 23.2 Å². The molecule has 2 aromatic rings. The SMILES string of the molecule is COc1ccc(-c2nc(CCl)co2)cc1[N+](=O)[O-]. The maximum atomic E-state index is 10.9. The van der Waals surface area contributed by atoms with E-state index in [4.69, 9.17) is 20.8 Å². The zero-order valence-electron chi connectivity index (χ0n) is 9.42. The lowest BCUT2D eigenvalue weighted by Crippen LogP contribution is -1.94. The fourth-order valence-electron chi connectivity index (χ4n) is 1.47. The number of nitro benzene ring substituents is 1. The summed E-state index contributed by atoms with van der Waals surface area (Å²) >= 11 is 5.61. The second-order valence-electron chi connectivity index (χ2n) is 3.42. The summed E-state index contributed by atoms with van der Waals surface area (Å²) < 4.78 is 10.1. The number of nitro groups is 1. The van der Waals surface area contributed by atoms with Crippen LogP contribution in [0.15, 0.2) is 28.9 Å². The van der Waals surface area contributed by atoms with Crippen molar-refractivity contribution in [1.82, 2.24) is 4.98 Å². The molecule has 94 valence electrons. The van der Waals surface area contributed by atoms with Crippen molar-refractivity contribution in [3.8, 4) is 17.2 Å². The third-order valence-corrected chi connectivity index (χ3v) is 2.58. The summed E-state index contributed by atoms with van der Waals surface area (Å²) in [5.41, 5.74) is 0.935. The summed E-state index contributed by atoms with van der Waals surface area (Å²) in [5.74, 6) is 0.700. The number of alkyl halides is 1. The van der Waals surface area contributed by atoms with Crippen molar-refractivity contribution < 1.29 is 14.1 Å². The largest absolute Gasteiger partial charge is 0.490 e. The Hall–Kier alpha value is -2.08. The molecule has 0 bridgehead atoms. The molecule has 0 amide bonds. The van der Waals surface area contributed by atoms with E-state index in [1.54, 1.807) is 6.07 Å². The molecule has 0 saturated carbocycles. The van der Waals surface area contributed by atoms with E-state index in [0.29, 0.717) is 11.3 Å². The third-order valence-electron chi connectivity index (χ3n) is 2.31. The minimum Gasteiger partial charge on any atom is -0.490 e. The molecule has 0 aliphatic rings. The minimum atomic E-state index is -0.520. The number of nitrogens with zero attached hydrogens (tertiary/aromatic N) is 2. The average Bonchev–Trinajstić information content (AvgIpc) is 2.86. The second-order valence-corrected chi connectivity index (χ2v) is 3.69. The molecule has 6 nitrogen and oxygen atoms in total. The number of benzene rings is 1. The molecule has 0 saturated heterocycles. The Morgan fingerprint density at radius 2 is 2.33 bits per heavy atom. The van der Waals surface area contributed by atoms with Gasteiger partial charge in [0.05, 0.1) is 23.6 Å². The molecule has 0 aliphatic carbocycles. The van der Waals surface area contributed by atoms with E-state index in [9.17, 15) is 10.1 Å². The first-order chi connectivity index (χ1) is 8.65. The molecule has 0 unspecified atom stereocenters. The molecule has 0 spiro atoms. The van der Waals surface area contributed by atoms with Gasteiger partial charge in [-0.05, 0) is 12.1 Å². The summed E-state index contributed by atoms with van der Waals surface area (Å²) in [6, 6.07) is 4.48. The summed E-state index contributed by atoms with van der Waals surface area (Å²) in [4.78, 5) is 14.5. The van der Waals surface area contributed by atoms with Gasteiger partial charge in [0, 0.05) is 11.6 Å². The van der Waals surface area contributed by atoms with Gasteiger partial charge in [0.1, 0.15) is 6.26 Å². The van der Waals surface area contributed by atoms with Crippen molar-refractivity contribution in [1.29, 1.82) is 0 Å². The van der Waals surface area contributed by atoms with Gasteiger partial charge in [0.15, 0.2) is 5.75 Å². The number of methoxy groups -OCH3 is 1. The van der Waals surface area contributed by atoms with Crippen molar-refractivity contribution in [3.63, 3.8) is 0 Å². The third kappa shape index (κ3) is 2.28. The molecule has 1 aromatic carbocycles. The Kier molecular flexibility index (Phi) is 3.47. The number of halogens is 1. The quantitative estimate of drug-likeness (QED) is 0.484. The van der Waals surface area contributed by atoms with Crippen LogP contribution in [0.4, 0.5) is 5.69 Å². The van der Waals surface area contributed by atoms with Crippen molar-refractivity contribution in [2.75, 3.05) is 7.11 Å². The van der Waals surface area contributed by atoms with Crippen LogP contribution in [0, 0.1) is 10.1 Å². The van der Waals surface area contributed by atoms with Crippen LogP contribution < -0.4 is 4.74 Å². The zero-order chi connectivity index (χ0) is 13.1. The van der Waals surface area contributed by atoms with Gasteiger partial charge in [-0.3, -0.25) is 10.1 Å². The Balaban J connectivity index is 2.46. The van der Waals surface area contributed by atoms with Crippen LogP contribution >= 0.6 is 11.6 Å². The maximum Gasteiger partial charge on any atom is 0.311 e. The number of oxazole rings is 1. The van der Waals surface area contributed by atoms with Gasteiger partial charge in [-0.15, -0.1) is 11.6 Å². The van der Waals surface area contributed by atoms with Crippen molar-refractivity contribution in [2.45, 2.75) is 5.88 Å². The van der Waals surface area contributed by atoms with Crippen LogP contribution in [0.1, 0.15) is 5.69 Å². The lowest BCUT2D eigenvalue weighted by molar-refractivity contribution is -0.385. The standard InChI is InChI=1S/C11H9ClN2O4/c1-17-10-3-2-7(4-9(10)14(15)16)11-13-8(5-12)6-18-11/h2-4,6H,5H2,1H3. The summed E-state index contributed by atoms with van der Waals surface area (Å²) in [5, 5.41) is 10.9. The highest BCUT2D eigenvalue weighted by molar-refractivity contribution is 6.16. The Bertz CT molecular complexity index is 582. The van der Waals surface area contributed by atoms with E-state index in [0.717, 1.165) is 0 Å². The lowest BCUT2D eigenvalue weighted by Gasteiger charge is -2.02. The highest BCUT2D eigenvalue weighted by Crippen LogP contribution is 2.31. The van der Waals surface area contributed by atoms with Crippen molar-refractivity contribution >= 4 is 17.3 Å². The van der Waals surface area contributed by atoms with E-state index in [1.165, 1.54) is 25.5 Å². The topological polar surface area (TPSA) is 78.4 Å². The maximum absolute atomic E-state index is 10.9. The van der Waals surface area contributed by atoms with Gasteiger partial charge in [-0.1, -0.05) is 0 Å². The fourth-order valence-corrected chi connectivity index (χ4v) is 1.59. The normalized spacial score (nSPS) is 10.3. The highest BCUT2D eigenvalue weighted by atomic mass is 35.5. The van der Waals surface area contributed by atoms with Crippen LogP contribution in [-0.4, -0.2) is 17.0 Å². The van der Waals surface area contributed by atoms with E-state index < -0.39 is 4.92 Å². The van der Waals surface area contributed by atoms with Crippen molar-refractivity contribution in [2.24, 2.45) is 0 Å². The summed E-state index contributed by atoms with van der Waals surface area (Å²) in [6.07, 6.45) is 1.42. The Morgan fingerprint density at radius 1 is 1.56 bits per heavy atom. The van der Waals surface area contributed by atoms with Crippen LogP contribution in [0.25, 0.3) is 11.5 Å². The Morgan fingerprint density at radius 3 is 2.89 bits per heavy atom. The van der Waals surface area contributed by atoms with Crippen LogP contribution in [0.2, 0.25) is 0 Å². The molecule has 1 heterocycles. The van der Waals surface area contributed by atoms with Crippen LogP contribution in [0.3, 0.4) is 0 Å². The summed E-state index contributed by atoms with van der Waals surface area (Å²) in [7, 11) is 1.37. The number of hydrogen-bond acceptors (Lipinski definition) is 5. The van der Waals surface area contributed by atoms with Gasteiger partial charge >= 0.3 is 5.69 Å². The first-order valence-electron chi connectivity index (χ1n) is 4.99. The monoisotopic (exact) mass is 268 g/mol. The first-order valence-corrected chi connectivity index (χ1v) is 5.52. The van der Waals surface area contributed by atoms with Gasteiger partial charge in [0.25, 0.3) is 0 Å². The molecule has 0 aliphatic heterocycles. The molecule has 18 heavy (non-hydrogen) atoms. The van der Waals surface area contributed by atoms with Gasteiger partial charge in [-0.25, -0.2) is 4.98 Å². The predicted molar refractivity (Wildman–Crippen MR) is 64.7 cm³/mol. The van der Waals surface area contributed by atoms with Crippen LogP contribution in [-0.2, 0) is 5.88 Å². The molecular weight excluding hydrogens is 260 g/mol. The van der Waals surface area contributed by atoms with Gasteiger partial charge < -0.3 is 9.15 Å². The van der Waals surface area contributed by atoms with E-state index in [1.807, 2.05) is 0 Å². The molecule has 7 heteroatoms. The molecule has 1 aromatic heterocycles. The van der Waals surface area contributed by atoms with Gasteiger partial charge in [0.2, 0.25) is 5.89 Å². The molecule has 0 radical (unpaired) electrons. The number of hydrogen-bond donors (Lipinski definition) is 0. The average molecular weight is 269 g/mol. The first kappa shape index (κ1) is 12.4. The number of rotatable bonds is 4. The Labute approximate surface area is 107 Å². The highest BCUT2D eigenvalue weighted by Gasteiger charge is 2.17. The van der Waals surface area contributed by atoms with Crippen LogP contribution in [0.5, 0.6) is 5.75 Å². The fraction of sp³-hybridized carbons (Fsp3) is 0.182. The smallest absolute Gasteiger partial charge is 0.311 e.